The molecule has 0 amide bonds. The van der Waals surface area contributed by atoms with E-state index in [2.05, 4.69) is 57.3 Å². The molecule has 3 heterocycles. The van der Waals surface area contributed by atoms with Gasteiger partial charge in [0.25, 0.3) is 5.69 Å². The Kier molecular flexibility index (Phi) is 6.92. The first-order valence-electron chi connectivity index (χ1n) is 12.5. The lowest BCUT2D eigenvalue weighted by molar-refractivity contribution is -0.384. The maximum atomic E-state index is 11.3. The van der Waals surface area contributed by atoms with E-state index in [0.717, 1.165) is 75.0 Å². The molecule has 36 heavy (non-hydrogen) atoms. The second-order valence-corrected chi connectivity index (χ2v) is 10.3. The highest BCUT2D eigenvalue weighted by molar-refractivity contribution is 6.30. The Morgan fingerprint density at radius 1 is 0.750 bits per heavy atom. The maximum Gasteiger partial charge on any atom is 0.269 e. The molecule has 2 fully saturated rings. The predicted octanol–water partition coefficient (Wildman–Crippen LogP) is 4.52. The summed E-state index contributed by atoms with van der Waals surface area (Å²) in [5.74, 6) is 0. The monoisotopic (exact) mass is 508 g/mol. The van der Waals surface area contributed by atoms with Crippen molar-refractivity contribution >= 4 is 28.7 Å². The molecule has 0 saturated carbocycles. The number of hydrogen-bond acceptors (Lipinski definition) is 6. The average Bonchev–Trinajstić information content (AvgIpc) is 3.18. The number of non-ortho nitro benzene ring substituents is 1. The maximum absolute atomic E-state index is 11.3. The molecule has 0 N–H and O–H groups in total. The second-order valence-electron chi connectivity index (χ2n) is 9.83. The molecule has 0 unspecified atom stereocenters. The van der Waals surface area contributed by atoms with Crippen LogP contribution >= 0.6 is 11.6 Å². The standard InChI is InChI=1S/C27H33ClN6O2/c1-20-25(31-16-12-29(2)13-17-31)27(32-18-14-30(3)15-19-32)26(21-4-6-22(28)7-5-21)33(20)23-8-10-24(11-9-23)34(35)36/h4-11H,12-19H2,1-3H3. The van der Waals surface area contributed by atoms with Crippen molar-refractivity contribution in [3.63, 3.8) is 0 Å². The highest BCUT2D eigenvalue weighted by Crippen LogP contribution is 2.46. The number of nitrogens with zero attached hydrogens (tertiary/aromatic N) is 6. The molecule has 0 bridgehead atoms. The van der Waals surface area contributed by atoms with Crippen LogP contribution < -0.4 is 9.80 Å². The van der Waals surface area contributed by atoms with Gasteiger partial charge >= 0.3 is 0 Å². The molecule has 3 aromatic rings. The van der Waals surface area contributed by atoms with Gasteiger partial charge in [-0.15, -0.1) is 0 Å². The van der Waals surface area contributed by atoms with Crippen LogP contribution in [0, 0.1) is 17.0 Å². The number of likely N-dealkylation sites (N-methyl/N-ethyl adjacent to an activating group) is 2. The van der Waals surface area contributed by atoms with E-state index >= 15 is 0 Å². The Morgan fingerprint density at radius 3 is 1.75 bits per heavy atom. The average molecular weight is 509 g/mol. The zero-order chi connectivity index (χ0) is 25.4. The van der Waals surface area contributed by atoms with Crippen LogP contribution in [0.15, 0.2) is 48.5 Å². The summed E-state index contributed by atoms with van der Waals surface area (Å²) in [7, 11) is 4.35. The van der Waals surface area contributed by atoms with Gasteiger partial charge in [0, 0.05) is 86.5 Å². The van der Waals surface area contributed by atoms with E-state index in [9.17, 15) is 10.1 Å². The summed E-state index contributed by atoms with van der Waals surface area (Å²) >= 11 is 6.28. The highest BCUT2D eigenvalue weighted by atomic mass is 35.5. The summed E-state index contributed by atoms with van der Waals surface area (Å²) in [6, 6.07) is 14.9. The smallest absolute Gasteiger partial charge is 0.269 e. The molecule has 2 saturated heterocycles. The first-order valence-corrected chi connectivity index (χ1v) is 12.8. The number of nitro groups is 1. The van der Waals surface area contributed by atoms with Gasteiger partial charge in [0.2, 0.25) is 0 Å². The van der Waals surface area contributed by atoms with E-state index in [1.807, 2.05) is 24.3 Å². The minimum Gasteiger partial charge on any atom is -0.366 e. The Hall–Kier alpha value is -3.07. The Morgan fingerprint density at radius 2 is 1.25 bits per heavy atom. The van der Waals surface area contributed by atoms with Gasteiger partial charge in [0.1, 0.15) is 0 Å². The molecule has 1 aromatic heterocycles. The van der Waals surface area contributed by atoms with Crippen LogP contribution in [0.2, 0.25) is 5.02 Å². The summed E-state index contributed by atoms with van der Waals surface area (Å²) in [5.41, 5.74) is 6.84. The Balaban J connectivity index is 1.75. The van der Waals surface area contributed by atoms with Crippen molar-refractivity contribution in [3.8, 4) is 16.9 Å². The molecule has 5 rings (SSSR count). The van der Waals surface area contributed by atoms with Gasteiger partial charge in [0.05, 0.1) is 22.0 Å². The van der Waals surface area contributed by atoms with Crippen LogP contribution in [0.4, 0.5) is 17.1 Å². The van der Waals surface area contributed by atoms with Gasteiger partial charge < -0.3 is 24.2 Å². The molecule has 2 aliphatic heterocycles. The zero-order valence-corrected chi connectivity index (χ0v) is 21.9. The van der Waals surface area contributed by atoms with Crippen LogP contribution in [0.1, 0.15) is 5.69 Å². The molecule has 2 aliphatic rings. The van der Waals surface area contributed by atoms with E-state index in [4.69, 9.17) is 11.6 Å². The lowest BCUT2D eigenvalue weighted by Crippen LogP contribution is -2.47. The third-order valence-electron chi connectivity index (χ3n) is 7.43. The zero-order valence-electron chi connectivity index (χ0n) is 21.2. The molecule has 0 atom stereocenters. The molecule has 190 valence electrons. The second kappa shape index (κ2) is 10.1. The summed E-state index contributed by atoms with van der Waals surface area (Å²) < 4.78 is 2.27. The number of halogens is 1. The van der Waals surface area contributed by atoms with Gasteiger partial charge in [0.15, 0.2) is 0 Å². The summed E-state index contributed by atoms with van der Waals surface area (Å²) in [6.07, 6.45) is 0. The molecule has 0 aliphatic carbocycles. The number of piperazine rings is 2. The fourth-order valence-corrected chi connectivity index (χ4v) is 5.45. The number of nitro benzene ring substituents is 1. The number of benzene rings is 2. The normalized spacial score (nSPS) is 17.6. The number of aromatic nitrogens is 1. The summed E-state index contributed by atoms with van der Waals surface area (Å²) in [4.78, 5) is 20.8. The van der Waals surface area contributed by atoms with Crippen molar-refractivity contribution in [1.29, 1.82) is 0 Å². The Bertz CT molecular complexity index is 1220. The minimum atomic E-state index is -0.349. The van der Waals surface area contributed by atoms with Crippen LogP contribution in [0.25, 0.3) is 16.9 Å². The third-order valence-corrected chi connectivity index (χ3v) is 7.68. The topological polar surface area (TPSA) is 61.0 Å². The van der Waals surface area contributed by atoms with E-state index in [1.54, 1.807) is 12.1 Å². The molecule has 8 nitrogen and oxygen atoms in total. The van der Waals surface area contributed by atoms with E-state index in [1.165, 1.54) is 11.4 Å². The summed E-state index contributed by atoms with van der Waals surface area (Å²) in [6.45, 7) is 10.0. The lowest BCUT2D eigenvalue weighted by Gasteiger charge is -2.39. The quantitative estimate of drug-likeness (QED) is 0.373. The van der Waals surface area contributed by atoms with Crippen molar-refractivity contribution in [2.45, 2.75) is 6.92 Å². The first-order chi connectivity index (χ1) is 17.3. The number of rotatable bonds is 5. The van der Waals surface area contributed by atoms with Crippen molar-refractivity contribution in [2.24, 2.45) is 0 Å². The Labute approximate surface area is 217 Å². The predicted molar refractivity (Wildman–Crippen MR) is 147 cm³/mol. The number of anilines is 2. The van der Waals surface area contributed by atoms with Crippen LogP contribution in [0.5, 0.6) is 0 Å². The van der Waals surface area contributed by atoms with E-state index in [0.29, 0.717) is 5.02 Å². The minimum absolute atomic E-state index is 0.0928. The first kappa shape index (κ1) is 24.6. The molecular formula is C27H33ClN6O2. The van der Waals surface area contributed by atoms with Crippen molar-refractivity contribution in [2.75, 3.05) is 76.3 Å². The molecule has 0 radical (unpaired) electrons. The van der Waals surface area contributed by atoms with Crippen LogP contribution in [-0.2, 0) is 0 Å². The fraction of sp³-hybridized carbons (Fsp3) is 0.407. The van der Waals surface area contributed by atoms with Gasteiger partial charge in [-0.3, -0.25) is 10.1 Å². The molecule has 9 heteroatoms. The van der Waals surface area contributed by atoms with Gasteiger partial charge in [-0.05, 0) is 45.3 Å². The van der Waals surface area contributed by atoms with Crippen molar-refractivity contribution in [1.82, 2.24) is 14.4 Å². The molecule has 0 spiro atoms. The summed E-state index contributed by atoms with van der Waals surface area (Å²) in [5, 5.41) is 12.0. The van der Waals surface area contributed by atoms with Crippen molar-refractivity contribution in [3.05, 3.63) is 69.4 Å². The van der Waals surface area contributed by atoms with Crippen LogP contribution in [-0.4, -0.2) is 85.7 Å². The molecular weight excluding hydrogens is 476 g/mol. The van der Waals surface area contributed by atoms with Gasteiger partial charge in [-0.2, -0.15) is 0 Å². The van der Waals surface area contributed by atoms with Crippen molar-refractivity contribution < 1.29 is 4.92 Å². The van der Waals surface area contributed by atoms with E-state index in [-0.39, 0.29) is 10.6 Å². The largest absolute Gasteiger partial charge is 0.366 e. The van der Waals surface area contributed by atoms with Gasteiger partial charge in [-0.25, -0.2) is 0 Å². The number of hydrogen-bond donors (Lipinski definition) is 0. The SMILES string of the molecule is Cc1c(N2CCN(C)CC2)c(N2CCN(C)CC2)c(-c2ccc(Cl)cc2)n1-c1ccc([N+](=O)[O-])cc1. The van der Waals surface area contributed by atoms with Gasteiger partial charge in [-0.1, -0.05) is 23.7 Å². The third kappa shape index (κ3) is 4.68. The lowest BCUT2D eigenvalue weighted by atomic mass is 10.1. The fourth-order valence-electron chi connectivity index (χ4n) is 5.32. The van der Waals surface area contributed by atoms with E-state index < -0.39 is 0 Å². The highest BCUT2D eigenvalue weighted by Gasteiger charge is 2.32. The molecule has 2 aromatic carbocycles. The van der Waals surface area contributed by atoms with Crippen LogP contribution in [0.3, 0.4) is 0 Å².